The van der Waals surface area contributed by atoms with Crippen LogP contribution in [-0.2, 0) is 12.1 Å². The topological polar surface area (TPSA) is 63.8 Å². The molecule has 0 spiro atoms. The third-order valence-corrected chi connectivity index (χ3v) is 2.66. The molecule has 0 fully saturated rings. The summed E-state index contributed by atoms with van der Waals surface area (Å²) in [7, 11) is 0. The summed E-state index contributed by atoms with van der Waals surface area (Å²) in [6.45, 7) is 8.82. The van der Waals surface area contributed by atoms with Crippen molar-refractivity contribution in [3.05, 3.63) is 5.82 Å². The van der Waals surface area contributed by atoms with Crippen LogP contribution < -0.4 is 0 Å². The van der Waals surface area contributed by atoms with Crippen molar-refractivity contribution in [1.29, 1.82) is 0 Å². The Hall–Kier alpha value is -0.970. The fraction of sp³-hybridized carbons (Fsp3) is 0.900. The zero-order valence-corrected chi connectivity index (χ0v) is 9.93. The van der Waals surface area contributed by atoms with Gasteiger partial charge in [-0.2, -0.15) is 0 Å². The van der Waals surface area contributed by atoms with Crippen molar-refractivity contribution in [3.63, 3.8) is 0 Å². The fourth-order valence-electron chi connectivity index (χ4n) is 1.57. The second-order valence-corrected chi connectivity index (χ2v) is 4.32. The van der Waals surface area contributed by atoms with E-state index in [0.29, 0.717) is 24.6 Å². The molecule has 0 aliphatic heterocycles. The Morgan fingerprint density at radius 1 is 1.33 bits per heavy atom. The molecule has 0 saturated carbocycles. The van der Waals surface area contributed by atoms with E-state index in [0.717, 1.165) is 6.54 Å². The van der Waals surface area contributed by atoms with Gasteiger partial charge in [0, 0.05) is 6.54 Å². The van der Waals surface area contributed by atoms with Gasteiger partial charge in [-0.15, -0.1) is 5.10 Å². The summed E-state index contributed by atoms with van der Waals surface area (Å²) >= 11 is 0. The zero-order chi connectivity index (χ0) is 11.5. The van der Waals surface area contributed by atoms with Gasteiger partial charge in [-0.1, -0.05) is 27.7 Å². The van der Waals surface area contributed by atoms with E-state index in [1.807, 2.05) is 13.8 Å². The summed E-state index contributed by atoms with van der Waals surface area (Å²) in [5, 5.41) is 21.8. The standard InChI is InChI=1S/C10H20N4O/c1-5-10(15,6-2)9-11-12-13-14(9)7-8(3)4/h8,15H,5-7H2,1-4H3. The number of aromatic nitrogens is 4. The smallest absolute Gasteiger partial charge is 0.183 e. The second-order valence-electron chi connectivity index (χ2n) is 4.32. The summed E-state index contributed by atoms with van der Waals surface area (Å²) < 4.78 is 1.71. The van der Waals surface area contributed by atoms with Crippen molar-refractivity contribution in [2.45, 2.75) is 52.7 Å². The predicted octanol–water partition coefficient (Wildman–Crippen LogP) is 1.34. The highest BCUT2D eigenvalue weighted by Crippen LogP contribution is 2.26. The third kappa shape index (κ3) is 2.53. The van der Waals surface area contributed by atoms with Gasteiger partial charge in [0.1, 0.15) is 5.60 Å². The Balaban J connectivity index is 2.98. The minimum absolute atomic E-state index is 0.463. The maximum atomic E-state index is 10.3. The van der Waals surface area contributed by atoms with Crippen molar-refractivity contribution < 1.29 is 5.11 Å². The van der Waals surface area contributed by atoms with E-state index < -0.39 is 5.60 Å². The lowest BCUT2D eigenvalue weighted by Gasteiger charge is -2.23. The lowest BCUT2D eigenvalue weighted by atomic mass is 9.96. The van der Waals surface area contributed by atoms with Gasteiger partial charge >= 0.3 is 0 Å². The molecule has 5 heteroatoms. The molecule has 86 valence electrons. The molecule has 0 aliphatic rings. The molecule has 1 aromatic rings. The van der Waals surface area contributed by atoms with Gasteiger partial charge in [-0.05, 0) is 29.2 Å². The average Bonchev–Trinajstić information content (AvgIpc) is 2.64. The number of hydrogen-bond donors (Lipinski definition) is 1. The van der Waals surface area contributed by atoms with Crippen LogP contribution in [0.25, 0.3) is 0 Å². The first kappa shape index (κ1) is 12.1. The van der Waals surface area contributed by atoms with Gasteiger partial charge in [-0.25, -0.2) is 4.68 Å². The van der Waals surface area contributed by atoms with Gasteiger partial charge in [0.05, 0.1) is 0 Å². The van der Waals surface area contributed by atoms with Crippen LogP contribution in [0.15, 0.2) is 0 Å². The third-order valence-electron chi connectivity index (χ3n) is 2.66. The Kier molecular flexibility index (Phi) is 3.79. The number of tetrazole rings is 1. The van der Waals surface area contributed by atoms with Gasteiger partial charge < -0.3 is 5.11 Å². The highest BCUT2D eigenvalue weighted by Gasteiger charge is 2.31. The Morgan fingerprint density at radius 2 is 1.93 bits per heavy atom. The van der Waals surface area contributed by atoms with E-state index in [1.54, 1.807) is 4.68 Å². The lowest BCUT2D eigenvalue weighted by molar-refractivity contribution is 0.0140. The Morgan fingerprint density at radius 3 is 2.40 bits per heavy atom. The van der Waals surface area contributed by atoms with Crippen LogP contribution in [0.2, 0.25) is 0 Å². The minimum atomic E-state index is -0.890. The molecule has 0 saturated heterocycles. The number of rotatable bonds is 5. The average molecular weight is 212 g/mol. The fourth-order valence-corrected chi connectivity index (χ4v) is 1.57. The summed E-state index contributed by atoms with van der Waals surface area (Å²) in [5.41, 5.74) is -0.890. The largest absolute Gasteiger partial charge is 0.382 e. The van der Waals surface area contributed by atoms with Gasteiger partial charge in [0.25, 0.3) is 0 Å². The van der Waals surface area contributed by atoms with Crippen molar-refractivity contribution in [3.8, 4) is 0 Å². The molecular formula is C10H20N4O. The van der Waals surface area contributed by atoms with Crippen molar-refractivity contribution in [1.82, 2.24) is 20.2 Å². The SMILES string of the molecule is CCC(O)(CC)c1nnnn1CC(C)C. The van der Waals surface area contributed by atoms with Crippen molar-refractivity contribution in [2.24, 2.45) is 5.92 Å². The number of hydrogen-bond acceptors (Lipinski definition) is 4. The molecule has 5 nitrogen and oxygen atoms in total. The molecule has 0 bridgehead atoms. The lowest BCUT2D eigenvalue weighted by Crippen LogP contribution is -2.29. The van der Waals surface area contributed by atoms with Crippen LogP contribution in [-0.4, -0.2) is 25.3 Å². The van der Waals surface area contributed by atoms with E-state index >= 15 is 0 Å². The first-order valence-corrected chi connectivity index (χ1v) is 5.52. The monoisotopic (exact) mass is 212 g/mol. The maximum Gasteiger partial charge on any atom is 0.183 e. The molecule has 1 rings (SSSR count). The van der Waals surface area contributed by atoms with E-state index in [2.05, 4.69) is 29.4 Å². The quantitative estimate of drug-likeness (QED) is 0.800. The van der Waals surface area contributed by atoms with Gasteiger partial charge in [0.15, 0.2) is 5.82 Å². The van der Waals surface area contributed by atoms with Crippen LogP contribution in [0.3, 0.4) is 0 Å². The predicted molar refractivity (Wildman–Crippen MR) is 57.1 cm³/mol. The number of aliphatic hydroxyl groups is 1. The van der Waals surface area contributed by atoms with Crippen LogP contribution in [0.4, 0.5) is 0 Å². The van der Waals surface area contributed by atoms with Gasteiger partial charge in [0.2, 0.25) is 0 Å². The van der Waals surface area contributed by atoms with Gasteiger partial charge in [-0.3, -0.25) is 0 Å². The molecule has 0 amide bonds. The summed E-state index contributed by atoms with van der Waals surface area (Å²) in [4.78, 5) is 0. The molecule has 0 radical (unpaired) electrons. The highest BCUT2D eigenvalue weighted by molar-refractivity contribution is 4.98. The Labute approximate surface area is 90.5 Å². The van der Waals surface area contributed by atoms with E-state index in [4.69, 9.17) is 0 Å². The molecule has 0 unspecified atom stereocenters. The molecule has 1 N–H and O–H groups in total. The molecule has 1 heterocycles. The Bertz CT molecular complexity index is 304. The van der Waals surface area contributed by atoms with Crippen LogP contribution in [0, 0.1) is 5.92 Å². The summed E-state index contributed by atoms with van der Waals surface area (Å²) in [6, 6.07) is 0. The highest BCUT2D eigenvalue weighted by atomic mass is 16.3. The zero-order valence-electron chi connectivity index (χ0n) is 9.93. The second kappa shape index (κ2) is 4.70. The van der Waals surface area contributed by atoms with Crippen LogP contribution in [0.5, 0.6) is 0 Å². The van der Waals surface area contributed by atoms with E-state index in [1.165, 1.54) is 0 Å². The molecule has 1 aromatic heterocycles. The van der Waals surface area contributed by atoms with Crippen LogP contribution in [0.1, 0.15) is 46.4 Å². The maximum absolute atomic E-state index is 10.3. The molecular weight excluding hydrogens is 192 g/mol. The normalized spacial score (nSPS) is 12.4. The van der Waals surface area contributed by atoms with Crippen LogP contribution >= 0.6 is 0 Å². The first-order valence-electron chi connectivity index (χ1n) is 5.52. The summed E-state index contributed by atoms with van der Waals surface area (Å²) in [6.07, 6.45) is 1.25. The summed E-state index contributed by atoms with van der Waals surface area (Å²) in [5.74, 6) is 1.05. The molecule has 0 aromatic carbocycles. The van der Waals surface area contributed by atoms with E-state index in [-0.39, 0.29) is 0 Å². The minimum Gasteiger partial charge on any atom is -0.382 e. The number of nitrogens with zero attached hydrogens (tertiary/aromatic N) is 4. The van der Waals surface area contributed by atoms with Crippen molar-refractivity contribution in [2.75, 3.05) is 0 Å². The molecule has 0 atom stereocenters. The first-order chi connectivity index (χ1) is 7.03. The molecule has 0 aliphatic carbocycles. The van der Waals surface area contributed by atoms with E-state index in [9.17, 15) is 5.11 Å². The molecule has 15 heavy (non-hydrogen) atoms. The van der Waals surface area contributed by atoms with Crippen molar-refractivity contribution >= 4 is 0 Å².